The van der Waals surface area contributed by atoms with Gasteiger partial charge in [-0.05, 0) is 79.3 Å². The predicted molar refractivity (Wildman–Crippen MR) is 142 cm³/mol. The first-order chi connectivity index (χ1) is 16.7. The predicted octanol–water partition coefficient (Wildman–Crippen LogP) is 7.01. The van der Waals surface area contributed by atoms with Gasteiger partial charge in [0.15, 0.2) is 0 Å². The van der Waals surface area contributed by atoms with Crippen LogP contribution in [0.15, 0.2) is 78.9 Å². The Morgan fingerprint density at radius 1 is 0.857 bits per heavy atom. The molecule has 0 aromatic heterocycles. The molecule has 0 radical (unpaired) electrons. The summed E-state index contributed by atoms with van der Waals surface area (Å²) in [6.07, 6.45) is 0.489. The second-order valence-electron chi connectivity index (χ2n) is 9.39. The molecule has 0 bridgehead atoms. The summed E-state index contributed by atoms with van der Waals surface area (Å²) < 4.78 is 11.3. The maximum Gasteiger partial charge on any atom is 0.410 e. The van der Waals surface area contributed by atoms with E-state index in [2.05, 4.69) is 19.1 Å². The molecule has 0 saturated heterocycles. The van der Waals surface area contributed by atoms with E-state index in [0.29, 0.717) is 13.2 Å². The van der Waals surface area contributed by atoms with E-state index in [9.17, 15) is 9.90 Å². The molecule has 3 rings (SSSR count). The highest BCUT2D eigenvalue weighted by molar-refractivity contribution is 5.98. The van der Waals surface area contributed by atoms with Crippen LogP contribution in [0.2, 0.25) is 0 Å². The Kier molecular flexibility index (Phi) is 8.58. The summed E-state index contributed by atoms with van der Waals surface area (Å²) in [5.74, 6) is 0.972. The topological polar surface area (TPSA) is 59.0 Å². The number of hydrogen-bond donors (Lipinski definition) is 1. The van der Waals surface area contributed by atoms with Gasteiger partial charge >= 0.3 is 6.09 Å². The van der Waals surface area contributed by atoms with Crippen molar-refractivity contribution in [3.8, 4) is 11.5 Å². The van der Waals surface area contributed by atoms with Crippen molar-refractivity contribution in [3.05, 3.63) is 95.6 Å². The molecule has 0 aliphatic rings. The second kappa shape index (κ2) is 11.6. The number of nitrogens with zero attached hydrogens (tertiary/aromatic N) is 1. The Labute approximate surface area is 208 Å². The largest absolute Gasteiger partial charge is 0.508 e. The third-order valence-electron chi connectivity index (χ3n) is 5.48. The lowest BCUT2D eigenvalue weighted by Gasteiger charge is -2.24. The van der Waals surface area contributed by atoms with Gasteiger partial charge in [0.1, 0.15) is 23.7 Å². The van der Waals surface area contributed by atoms with Crippen molar-refractivity contribution in [3.63, 3.8) is 0 Å². The number of amides is 1. The number of ether oxygens (including phenoxy) is 2. The van der Waals surface area contributed by atoms with E-state index in [4.69, 9.17) is 9.47 Å². The molecule has 0 fully saturated rings. The van der Waals surface area contributed by atoms with Gasteiger partial charge in [-0.1, -0.05) is 61.5 Å². The van der Waals surface area contributed by atoms with Crippen LogP contribution in [0, 0.1) is 0 Å². The fourth-order valence-electron chi connectivity index (χ4n) is 3.76. The average molecular weight is 474 g/mol. The number of rotatable bonds is 8. The first-order valence-corrected chi connectivity index (χ1v) is 11.9. The SMILES string of the molecule is CC/C(=C(/c1ccc(O)cc1)c1ccc(OCCN(C)C(=O)OC(C)(C)C)cc1)c1ccccc1. The minimum absolute atomic E-state index is 0.242. The number of phenolic OH excluding ortho intramolecular Hbond substituents is 1. The lowest BCUT2D eigenvalue weighted by molar-refractivity contribution is 0.0278. The summed E-state index contributed by atoms with van der Waals surface area (Å²) in [6.45, 7) is 8.48. The number of carbonyl (C=O) groups excluding carboxylic acids is 1. The molecule has 1 amide bonds. The van der Waals surface area contributed by atoms with Crippen molar-refractivity contribution in [1.82, 2.24) is 4.90 Å². The van der Waals surface area contributed by atoms with Crippen molar-refractivity contribution < 1.29 is 19.4 Å². The highest BCUT2D eigenvalue weighted by atomic mass is 16.6. The Morgan fingerprint density at radius 2 is 1.43 bits per heavy atom. The molecule has 3 aromatic carbocycles. The van der Waals surface area contributed by atoms with Crippen LogP contribution in [0.1, 0.15) is 50.8 Å². The molecule has 1 N–H and O–H groups in total. The molecular formula is C30H35NO4. The Balaban J connectivity index is 1.80. The number of benzene rings is 3. The summed E-state index contributed by atoms with van der Waals surface area (Å²) in [5, 5.41) is 9.80. The number of aromatic hydroxyl groups is 1. The number of likely N-dealkylation sites (N-methyl/N-ethyl adjacent to an activating group) is 1. The van der Waals surface area contributed by atoms with E-state index < -0.39 is 5.60 Å². The van der Waals surface area contributed by atoms with E-state index in [1.165, 1.54) is 16.0 Å². The molecule has 3 aromatic rings. The number of hydrogen-bond acceptors (Lipinski definition) is 4. The second-order valence-corrected chi connectivity index (χ2v) is 9.39. The van der Waals surface area contributed by atoms with Crippen molar-refractivity contribution in [1.29, 1.82) is 0 Å². The summed E-state index contributed by atoms with van der Waals surface area (Å²) >= 11 is 0. The fraction of sp³-hybridized carbons (Fsp3) is 0.300. The lowest BCUT2D eigenvalue weighted by Crippen LogP contribution is -2.36. The molecule has 0 heterocycles. The van der Waals surface area contributed by atoms with Crippen LogP contribution in [-0.4, -0.2) is 41.9 Å². The van der Waals surface area contributed by atoms with Gasteiger partial charge in [0.05, 0.1) is 6.54 Å². The fourth-order valence-corrected chi connectivity index (χ4v) is 3.76. The molecule has 0 saturated carbocycles. The standard InChI is InChI=1S/C30H35NO4/c1-6-27(22-10-8-7-9-11-22)28(23-12-16-25(32)17-13-23)24-14-18-26(19-15-24)34-21-20-31(5)29(33)35-30(2,3)4/h7-19,32H,6,20-21H2,1-5H3/b28-27+. The van der Waals surface area contributed by atoms with E-state index in [-0.39, 0.29) is 11.8 Å². The van der Waals surface area contributed by atoms with Crippen molar-refractivity contribution in [2.45, 2.75) is 39.7 Å². The molecule has 35 heavy (non-hydrogen) atoms. The molecular weight excluding hydrogens is 438 g/mol. The minimum atomic E-state index is -0.526. The molecule has 0 aliphatic carbocycles. The molecule has 0 unspecified atom stereocenters. The molecule has 184 valence electrons. The van der Waals surface area contributed by atoms with Gasteiger partial charge in [-0.15, -0.1) is 0 Å². The van der Waals surface area contributed by atoms with Gasteiger partial charge in [0.25, 0.3) is 0 Å². The normalized spacial score (nSPS) is 12.0. The van der Waals surface area contributed by atoms with E-state index in [0.717, 1.165) is 28.9 Å². The van der Waals surface area contributed by atoms with Crippen molar-refractivity contribution >= 4 is 17.2 Å². The molecule has 0 aliphatic heterocycles. The van der Waals surface area contributed by atoms with Crippen molar-refractivity contribution in [2.75, 3.05) is 20.2 Å². The first kappa shape index (κ1) is 25.9. The zero-order valence-electron chi connectivity index (χ0n) is 21.2. The number of carbonyl (C=O) groups is 1. The Hall–Kier alpha value is -3.73. The maximum absolute atomic E-state index is 12.1. The van der Waals surface area contributed by atoms with Gasteiger partial charge in [0, 0.05) is 7.05 Å². The monoisotopic (exact) mass is 473 g/mol. The third kappa shape index (κ3) is 7.38. The van der Waals surface area contributed by atoms with E-state index in [1.54, 1.807) is 19.2 Å². The highest BCUT2D eigenvalue weighted by Gasteiger charge is 2.19. The van der Waals surface area contributed by atoms with Gasteiger partial charge in [0.2, 0.25) is 0 Å². The zero-order valence-corrected chi connectivity index (χ0v) is 21.2. The van der Waals surface area contributed by atoms with Crippen LogP contribution >= 0.6 is 0 Å². The van der Waals surface area contributed by atoms with Crippen LogP contribution in [0.3, 0.4) is 0 Å². The summed E-state index contributed by atoms with van der Waals surface area (Å²) in [7, 11) is 1.70. The van der Waals surface area contributed by atoms with Crippen LogP contribution in [0.5, 0.6) is 11.5 Å². The highest BCUT2D eigenvalue weighted by Crippen LogP contribution is 2.35. The van der Waals surface area contributed by atoms with Crippen LogP contribution in [-0.2, 0) is 4.74 Å². The molecule has 5 nitrogen and oxygen atoms in total. The van der Waals surface area contributed by atoms with Crippen molar-refractivity contribution in [2.24, 2.45) is 0 Å². The quantitative estimate of drug-likeness (QED) is 0.358. The Morgan fingerprint density at radius 3 is 1.97 bits per heavy atom. The molecule has 5 heteroatoms. The summed E-state index contributed by atoms with van der Waals surface area (Å²) in [6, 6.07) is 25.7. The van der Waals surface area contributed by atoms with E-state index >= 15 is 0 Å². The minimum Gasteiger partial charge on any atom is -0.508 e. The maximum atomic E-state index is 12.1. The van der Waals surface area contributed by atoms with Crippen LogP contribution < -0.4 is 4.74 Å². The van der Waals surface area contributed by atoms with Gasteiger partial charge in [-0.2, -0.15) is 0 Å². The lowest BCUT2D eigenvalue weighted by atomic mass is 9.88. The van der Waals surface area contributed by atoms with Crippen LogP contribution in [0.25, 0.3) is 11.1 Å². The van der Waals surface area contributed by atoms with Gasteiger partial charge < -0.3 is 19.5 Å². The third-order valence-corrected chi connectivity index (χ3v) is 5.48. The molecule has 0 atom stereocenters. The number of allylic oxidation sites excluding steroid dienone is 1. The summed E-state index contributed by atoms with van der Waals surface area (Å²) in [4.78, 5) is 13.6. The summed E-state index contributed by atoms with van der Waals surface area (Å²) in [5.41, 5.74) is 5.09. The van der Waals surface area contributed by atoms with Gasteiger partial charge in [-0.3, -0.25) is 0 Å². The first-order valence-electron chi connectivity index (χ1n) is 11.9. The van der Waals surface area contributed by atoms with Gasteiger partial charge in [-0.25, -0.2) is 4.79 Å². The smallest absolute Gasteiger partial charge is 0.410 e. The Bertz CT molecular complexity index is 1130. The zero-order chi connectivity index (χ0) is 25.4. The number of phenols is 1. The van der Waals surface area contributed by atoms with Crippen LogP contribution in [0.4, 0.5) is 4.79 Å². The average Bonchev–Trinajstić information content (AvgIpc) is 2.83. The van der Waals surface area contributed by atoms with E-state index in [1.807, 2.05) is 75.4 Å². The molecule has 0 spiro atoms.